The van der Waals surface area contributed by atoms with Crippen molar-refractivity contribution >= 4 is 11.0 Å². The topological polar surface area (TPSA) is 34.4 Å². The van der Waals surface area contributed by atoms with Gasteiger partial charge in [-0.15, -0.1) is 0 Å². The van der Waals surface area contributed by atoms with E-state index in [0.29, 0.717) is 0 Å². The van der Waals surface area contributed by atoms with Crippen molar-refractivity contribution in [2.45, 2.75) is 6.54 Å². The summed E-state index contributed by atoms with van der Waals surface area (Å²) >= 11 is 0. The maximum Gasteiger partial charge on any atom is 0.135 e. The average molecular weight is 281 g/mol. The van der Waals surface area contributed by atoms with Gasteiger partial charge in [-0.2, -0.15) is 0 Å². The standard InChI is InChI=1S/C18H19NO2/c1-20-10-9-19-13-14-7-8-16-12-18(21-17(16)11-14)15-5-3-2-4-6-15/h2-8,11-12,19H,9-10,13H2,1H3. The Hall–Kier alpha value is -2.10. The van der Waals surface area contributed by atoms with E-state index in [9.17, 15) is 0 Å². The van der Waals surface area contributed by atoms with Crippen molar-refractivity contribution in [1.29, 1.82) is 0 Å². The zero-order valence-electron chi connectivity index (χ0n) is 12.1. The third-order valence-corrected chi connectivity index (χ3v) is 3.45. The van der Waals surface area contributed by atoms with Gasteiger partial charge in [-0.1, -0.05) is 42.5 Å². The molecule has 3 heteroatoms. The summed E-state index contributed by atoms with van der Waals surface area (Å²) in [5.74, 6) is 0.912. The van der Waals surface area contributed by atoms with Gasteiger partial charge in [-0.05, 0) is 17.7 Å². The third kappa shape index (κ3) is 3.32. The zero-order valence-corrected chi connectivity index (χ0v) is 12.1. The molecule has 0 aliphatic rings. The van der Waals surface area contributed by atoms with Gasteiger partial charge in [0.05, 0.1) is 6.61 Å². The molecule has 3 aromatic rings. The fourth-order valence-electron chi connectivity index (χ4n) is 2.34. The van der Waals surface area contributed by atoms with Crippen LogP contribution in [-0.4, -0.2) is 20.3 Å². The second-order valence-electron chi connectivity index (χ2n) is 5.02. The first-order valence-electron chi connectivity index (χ1n) is 7.14. The third-order valence-electron chi connectivity index (χ3n) is 3.45. The molecule has 0 aliphatic carbocycles. The van der Waals surface area contributed by atoms with Crippen LogP contribution in [0.25, 0.3) is 22.3 Å². The van der Waals surface area contributed by atoms with E-state index in [0.717, 1.165) is 42.0 Å². The van der Waals surface area contributed by atoms with E-state index in [1.807, 2.05) is 18.2 Å². The van der Waals surface area contributed by atoms with E-state index in [-0.39, 0.29) is 0 Å². The van der Waals surface area contributed by atoms with E-state index in [2.05, 4.69) is 41.7 Å². The Morgan fingerprint density at radius 3 is 2.71 bits per heavy atom. The zero-order chi connectivity index (χ0) is 14.5. The molecule has 0 atom stereocenters. The Morgan fingerprint density at radius 2 is 1.90 bits per heavy atom. The molecular weight excluding hydrogens is 262 g/mol. The number of benzene rings is 2. The predicted octanol–water partition coefficient (Wildman–Crippen LogP) is 3.84. The highest BCUT2D eigenvalue weighted by molar-refractivity contribution is 5.83. The van der Waals surface area contributed by atoms with Crippen molar-refractivity contribution in [2.75, 3.05) is 20.3 Å². The Morgan fingerprint density at radius 1 is 1.05 bits per heavy atom. The molecule has 0 radical (unpaired) electrons. The Balaban J connectivity index is 1.79. The van der Waals surface area contributed by atoms with E-state index in [1.165, 1.54) is 5.56 Å². The molecule has 2 aromatic carbocycles. The van der Waals surface area contributed by atoms with Crippen molar-refractivity contribution in [3.05, 3.63) is 60.2 Å². The molecule has 1 aromatic heterocycles. The number of ether oxygens (including phenoxy) is 1. The van der Waals surface area contributed by atoms with Gasteiger partial charge in [-0.3, -0.25) is 0 Å². The van der Waals surface area contributed by atoms with Crippen molar-refractivity contribution < 1.29 is 9.15 Å². The summed E-state index contributed by atoms with van der Waals surface area (Å²) in [5, 5.41) is 4.47. The number of rotatable bonds is 6. The van der Waals surface area contributed by atoms with Crippen LogP contribution in [0.1, 0.15) is 5.56 Å². The summed E-state index contributed by atoms with van der Waals surface area (Å²) < 4.78 is 11.0. The number of fused-ring (bicyclic) bond motifs is 1. The molecule has 3 nitrogen and oxygen atoms in total. The molecule has 1 N–H and O–H groups in total. The van der Waals surface area contributed by atoms with Crippen LogP contribution in [0.2, 0.25) is 0 Å². The predicted molar refractivity (Wildman–Crippen MR) is 85.2 cm³/mol. The number of furan rings is 1. The fourth-order valence-corrected chi connectivity index (χ4v) is 2.34. The summed E-state index contributed by atoms with van der Waals surface area (Å²) in [6.45, 7) is 2.39. The van der Waals surface area contributed by atoms with Gasteiger partial charge < -0.3 is 14.5 Å². The van der Waals surface area contributed by atoms with Crippen LogP contribution in [0.15, 0.2) is 59.0 Å². The van der Waals surface area contributed by atoms with E-state index in [1.54, 1.807) is 7.11 Å². The van der Waals surface area contributed by atoms with Crippen LogP contribution in [0, 0.1) is 0 Å². The summed E-state index contributed by atoms with van der Waals surface area (Å²) in [4.78, 5) is 0. The molecule has 0 unspecified atom stereocenters. The maximum atomic E-state index is 5.97. The summed E-state index contributed by atoms with van der Waals surface area (Å²) in [6.07, 6.45) is 0. The van der Waals surface area contributed by atoms with E-state index in [4.69, 9.17) is 9.15 Å². The lowest BCUT2D eigenvalue weighted by molar-refractivity contribution is 0.199. The highest BCUT2D eigenvalue weighted by Crippen LogP contribution is 2.28. The number of nitrogens with one attached hydrogen (secondary N) is 1. The van der Waals surface area contributed by atoms with Crippen molar-refractivity contribution in [3.8, 4) is 11.3 Å². The molecule has 0 saturated heterocycles. The van der Waals surface area contributed by atoms with Gasteiger partial charge in [0.1, 0.15) is 11.3 Å². The molecule has 21 heavy (non-hydrogen) atoms. The molecule has 0 aliphatic heterocycles. The smallest absolute Gasteiger partial charge is 0.135 e. The van der Waals surface area contributed by atoms with Gasteiger partial charge >= 0.3 is 0 Å². The molecular formula is C18H19NO2. The first kappa shape index (κ1) is 13.9. The van der Waals surface area contributed by atoms with Crippen molar-refractivity contribution in [1.82, 2.24) is 5.32 Å². The van der Waals surface area contributed by atoms with Crippen LogP contribution in [0.3, 0.4) is 0 Å². The van der Waals surface area contributed by atoms with E-state index < -0.39 is 0 Å². The fraction of sp³-hybridized carbons (Fsp3) is 0.222. The molecule has 0 spiro atoms. The average Bonchev–Trinajstić information content (AvgIpc) is 2.96. The largest absolute Gasteiger partial charge is 0.456 e. The van der Waals surface area contributed by atoms with Crippen molar-refractivity contribution in [3.63, 3.8) is 0 Å². The van der Waals surface area contributed by atoms with Crippen molar-refractivity contribution in [2.24, 2.45) is 0 Å². The van der Waals surface area contributed by atoms with Gasteiger partial charge in [-0.25, -0.2) is 0 Å². The Kier molecular flexibility index (Phi) is 4.34. The van der Waals surface area contributed by atoms with Crippen LogP contribution in [-0.2, 0) is 11.3 Å². The van der Waals surface area contributed by atoms with E-state index >= 15 is 0 Å². The monoisotopic (exact) mass is 281 g/mol. The number of hydrogen-bond acceptors (Lipinski definition) is 3. The molecule has 3 rings (SSSR count). The first-order valence-corrected chi connectivity index (χ1v) is 7.14. The normalized spacial score (nSPS) is 11.1. The first-order chi connectivity index (χ1) is 10.4. The lowest BCUT2D eigenvalue weighted by Crippen LogP contribution is -2.18. The lowest BCUT2D eigenvalue weighted by atomic mass is 10.1. The molecule has 0 amide bonds. The van der Waals surface area contributed by atoms with Gasteiger partial charge in [0.2, 0.25) is 0 Å². The van der Waals surface area contributed by atoms with Crippen LogP contribution in [0.5, 0.6) is 0 Å². The highest BCUT2D eigenvalue weighted by atomic mass is 16.5. The minimum atomic E-state index is 0.723. The lowest BCUT2D eigenvalue weighted by Gasteiger charge is -2.03. The summed E-state index contributed by atoms with van der Waals surface area (Å²) in [7, 11) is 1.71. The van der Waals surface area contributed by atoms with Gasteiger partial charge in [0.15, 0.2) is 0 Å². The van der Waals surface area contributed by atoms with Crippen LogP contribution in [0.4, 0.5) is 0 Å². The quantitative estimate of drug-likeness (QED) is 0.697. The molecule has 1 heterocycles. The van der Waals surface area contributed by atoms with Gasteiger partial charge in [0, 0.05) is 31.1 Å². The minimum absolute atomic E-state index is 0.723. The number of hydrogen-bond donors (Lipinski definition) is 1. The minimum Gasteiger partial charge on any atom is -0.456 e. The van der Waals surface area contributed by atoms with Crippen LogP contribution >= 0.6 is 0 Å². The Labute approximate surface area is 124 Å². The molecule has 108 valence electrons. The highest BCUT2D eigenvalue weighted by Gasteiger charge is 2.06. The summed E-state index contributed by atoms with van der Waals surface area (Å²) in [5.41, 5.74) is 3.25. The second-order valence-corrected chi connectivity index (χ2v) is 5.02. The second kappa shape index (κ2) is 6.57. The maximum absolute atomic E-state index is 5.97. The Bertz CT molecular complexity index is 704. The SMILES string of the molecule is COCCNCc1ccc2cc(-c3ccccc3)oc2c1. The van der Waals surface area contributed by atoms with Crippen LogP contribution < -0.4 is 5.32 Å². The molecule has 0 fully saturated rings. The van der Waals surface area contributed by atoms with Gasteiger partial charge in [0.25, 0.3) is 0 Å². The number of methoxy groups -OCH3 is 1. The molecule has 0 bridgehead atoms. The summed E-state index contributed by atoms with van der Waals surface area (Å²) in [6, 6.07) is 18.6. The molecule has 0 saturated carbocycles.